The molecule has 1 heterocycles. The molecule has 0 bridgehead atoms. The summed E-state index contributed by atoms with van der Waals surface area (Å²) in [7, 11) is 0. The number of rotatable bonds is 3. The number of hydrogen-bond donors (Lipinski definition) is 2. The first-order chi connectivity index (χ1) is 9.56. The number of hydrogen-bond acceptors (Lipinski definition) is 4. The SMILES string of the molecule is Cc1c(Cl)cccc1Nc1nc2c(s1)CCC2C(=O)O. The summed E-state index contributed by atoms with van der Waals surface area (Å²) in [4.78, 5) is 16.7. The maximum Gasteiger partial charge on any atom is 0.312 e. The summed E-state index contributed by atoms with van der Waals surface area (Å²) >= 11 is 7.61. The smallest absolute Gasteiger partial charge is 0.312 e. The van der Waals surface area contributed by atoms with Gasteiger partial charge < -0.3 is 10.4 Å². The molecule has 6 heteroatoms. The van der Waals surface area contributed by atoms with Gasteiger partial charge in [0.25, 0.3) is 0 Å². The van der Waals surface area contributed by atoms with E-state index in [2.05, 4.69) is 10.3 Å². The number of nitrogens with one attached hydrogen (secondary N) is 1. The second-order valence-electron chi connectivity index (χ2n) is 4.79. The normalized spacial score (nSPS) is 17.0. The van der Waals surface area contributed by atoms with Crippen molar-refractivity contribution < 1.29 is 9.90 Å². The van der Waals surface area contributed by atoms with Gasteiger partial charge in [-0.15, -0.1) is 11.3 Å². The van der Waals surface area contributed by atoms with E-state index in [0.29, 0.717) is 17.1 Å². The summed E-state index contributed by atoms with van der Waals surface area (Å²) in [6.07, 6.45) is 1.44. The lowest BCUT2D eigenvalue weighted by atomic mass is 10.1. The van der Waals surface area contributed by atoms with Gasteiger partial charge in [0.15, 0.2) is 5.13 Å². The molecular weight excluding hydrogens is 296 g/mol. The molecule has 2 N–H and O–H groups in total. The zero-order chi connectivity index (χ0) is 14.3. The van der Waals surface area contributed by atoms with Crippen molar-refractivity contribution in [2.45, 2.75) is 25.7 Å². The van der Waals surface area contributed by atoms with E-state index in [4.69, 9.17) is 16.7 Å². The lowest BCUT2D eigenvalue weighted by Crippen LogP contribution is -2.08. The average Bonchev–Trinajstić information content (AvgIpc) is 2.94. The molecule has 2 aromatic rings. The molecule has 1 unspecified atom stereocenters. The van der Waals surface area contributed by atoms with E-state index in [1.165, 1.54) is 11.3 Å². The molecule has 1 aliphatic rings. The van der Waals surface area contributed by atoms with E-state index >= 15 is 0 Å². The van der Waals surface area contributed by atoms with E-state index in [0.717, 1.165) is 27.7 Å². The van der Waals surface area contributed by atoms with Crippen molar-refractivity contribution in [1.29, 1.82) is 0 Å². The lowest BCUT2D eigenvalue weighted by molar-refractivity contribution is -0.138. The topological polar surface area (TPSA) is 62.2 Å². The standard InChI is InChI=1S/C14H13ClN2O2S/c1-7-9(15)3-2-4-10(7)16-14-17-12-8(13(18)19)5-6-11(12)20-14/h2-4,8H,5-6H2,1H3,(H,16,17)(H,18,19). The lowest BCUT2D eigenvalue weighted by Gasteiger charge is -2.08. The largest absolute Gasteiger partial charge is 0.481 e. The van der Waals surface area contributed by atoms with Crippen molar-refractivity contribution in [2.75, 3.05) is 5.32 Å². The first kappa shape index (κ1) is 13.4. The van der Waals surface area contributed by atoms with Gasteiger partial charge in [0, 0.05) is 15.6 Å². The molecule has 0 amide bonds. The highest BCUT2D eigenvalue weighted by molar-refractivity contribution is 7.15. The van der Waals surface area contributed by atoms with Crippen LogP contribution in [-0.2, 0) is 11.2 Å². The zero-order valence-corrected chi connectivity index (χ0v) is 12.4. The summed E-state index contributed by atoms with van der Waals surface area (Å²) in [5.41, 5.74) is 2.57. The number of benzene rings is 1. The summed E-state index contributed by atoms with van der Waals surface area (Å²) in [5, 5.41) is 13.8. The Kier molecular flexibility index (Phi) is 3.40. The monoisotopic (exact) mass is 308 g/mol. The molecule has 3 rings (SSSR count). The van der Waals surface area contributed by atoms with Gasteiger partial charge in [0.1, 0.15) is 5.92 Å². The van der Waals surface area contributed by atoms with Gasteiger partial charge in [-0.3, -0.25) is 4.79 Å². The van der Waals surface area contributed by atoms with Crippen LogP contribution in [0, 0.1) is 6.92 Å². The Balaban J connectivity index is 1.88. The number of carboxylic acid groups (broad SMARTS) is 1. The van der Waals surface area contributed by atoms with Gasteiger partial charge in [-0.05, 0) is 37.5 Å². The van der Waals surface area contributed by atoms with Crippen molar-refractivity contribution in [3.05, 3.63) is 39.4 Å². The van der Waals surface area contributed by atoms with Crippen molar-refractivity contribution >= 4 is 39.7 Å². The molecule has 104 valence electrons. The van der Waals surface area contributed by atoms with Crippen LogP contribution in [0.1, 0.15) is 28.5 Å². The van der Waals surface area contributed by atoms with Crippen LogP contribution in [-0.4, -0.2) is 16.1 Å². The number of carboxylic acids is 1. The minimum Gasteiger partial charge on any atom is -0.481 e. The molecule has 1 aliphatic carbocycles. The Hall–Kier alpha value is -1.59. The molecular formula is C14H13ClN2O2S. The molecule has 0 saturated carbocycles. The van der Waals surface area contributed by atoms with Gasteiger partial charge in [-0.1, -0.05) is 17.7 Å². The minimum absolute atomic E-state index is 0.461. The molecule has 20 heavy (non-hydrogen) atoms. The summed E-state index contributed by atoms with van der Waals surface area (Å²) in [6, 6.07) is 5.64. The number of aryl methyl sites for hydroxylation is 1. The van der Waals surface area contributed by atoms with Crippen LogP contribution in [0.4, 0.5) is 10.8 Å². The molecule has 0 fully saturated rings. The Bertz CT molecular complexity index is 684. The molecule has 1 aromatic heterocycles. The maximum absolute atomic E-state index is 11.2. The van der Waals surface area contributed by atoms with E-state index in [1.54, 1.807) is 0 Å². The highest BCUT2D eigenvalue weighted by Gasteiger charge is 2.32. The third-order valence-corrected chi connectivity index (χ3v) is 4.98. The molecule has 0 aliphatic heterocycles. The van der Waals surface area contributed by atoms with E-state index in [-0.39, 0.29) is 0 Å². The number of thiazole rings is 1. The number of fused-ring (bicyclic) bond motifs is 1. The van der Waals surface area contributed by atoms with Gasteiger partial charge in [0.2, 0.25) is 0 Å². The Morgan fingerprint density at radius 1 is 1.55 bits per heavy atom. The fourth-order valence-corrected chi connectivity index (χ4v) is 3.60. The predicted molar refractivity (Wildman–Crippen MR) is 80.3 cm³/mol. The van der Waals surface area contributed by atoms with E-state index in [9.17, 15) is 4.79 Å². The Labute approximate surface area is 125 Å². The maximum atomic E-state index is 11.2. The Morgan fingerprint density at radius 2 is 2.35 bits per heavy atom. The van der Waals surface area contributed by atoms with E-state index in [1.807, 2.05) is 25.1 Å². The first-order valence-electron chi connectivity index (χ1n) is 6.31. The van der Waals surface area contributed by atoms with Crippen LogP contribution in [0.15, 0.2) is 18.2 Å². The van der Waals surface area contributed by atoms with E-state index < -0.39 is 11.9 Å². The summed E-state index contributed by atoms with van der Waals surface area (Å²) < 4.78 is 0. The van der Waals surface area contributed by atoms with Crippen LogP contribution in [0.5, 0.6) is 0 Å². The second-order valence-corrected chi connectivity index (χ2v) is 6.29. The number of anilines is 2. The summed E-state index contributed by atoms with van der Waals surface area (Å²) in [5.74, 6) is -1.25. The zero-order valence-electron chi connectivity index (χ0n) is 10.8. The molecule has 1 atom stereocenters. The fourth-order valence-electron chi connectivity index (χ4n) is 2.38. The van der Waals surface area contributed by atoms with Crippen LogP contribution < -0.4 is 5.32 Å². The minimum atomic E-state index is -0.792. The highest BCUT2D eigenvalue weighted by Crippen LogP contribution is 2.39. The van der Waals surface area contributed by atoms with Crippen molar-refractivity contribution in [2.24, 2.45) is 0 Å². The molecule has 0 radical (unpaired) electrons. The van der Waals surface area contributed by atoms with Crippen LogP contribution >= 0.6 is 22.9 Å². The number of halogens is 1. The number of carbonyl (C=O) groups is 1. The number of aromatic nitrogens is 1. The second kappa shape index (κ2) is 5.07. The van der Waals surface area contributed by atoms with Crippen LogP contribution in [0.3, 0.4) is 0 Å². The van der Waals surface area contributed by atoms with Gasteiger partial charge in [-0.2, -0.15) is 0 Å². The van der Waals surface area contributed by atoms with Gasteiger partial charge in [-0.25, -0.2) is 4.98 Å². The predicted octanol–water partition coefficient (Wildman–Crippen LogP) is 3.96. The number of aliphatic carboxylic acids is 1. The van der Waals surface area contributed by atoms with Crippen molar-refractivity contribution in [3.8, 4) is 0 Å². The van der Waals surface area contributed by atoms with Gasteiger partial charge >= 0.3 is 5.97 Å². The number of nitrogens with zero attached hydrogens (tertiary/aromatic N) is 1. The molecule has 0 saturated heterocycles. The quantitative estimate of drug-likeness (QED) is 0.901. The van der Waals surface area contributed by atoms with Crippen LogP contribution in [0.25, 0.3) is 0 Å². The average molecular weight is 309 g/mol. The molecule has 1 aromatic carbocycles. The third kappa shape index (κ3) is 2.27. The van der Waals surface area contributed by atoms with Crippen molar-refractivity contribution in [3.63, 3.8) is 0 Å². The molecule has 0 spiro atoms. The van der Waals surface area contributed by atoms with Gasteiger partial charge in [0.05, 0.1) is 5.69 Å². The van der Waals surface area contributed by atoms with Crippen LogP contribution in [0.2, 0.25) is 5.02 Å². The highest BCUT2D eigenvalue weighted by atomic mass is 35.5. The molecule has 4 nitrogen and oxygen atoms in total. The summed E-state index contributed by atoms with van der Waals surface area (Å²) in [6.45, 7) is 1.94. The Morgan fingerprint density at radius 3 is 3.10 bits per heavy atom. The fraction of sp³-hybridized carbons (Fsp3) is 0.286. The van der Waals surface area contributed by atoms with Crippen molar-refractivity contribution in [1.82, 2.24) is 4.98 Å². The first-order valence-corrected chi connectivity index (χ1v) is 7.50. The third-order valence-electron chi connectivity index (χ3n) is 3.53.